The van der Waals surface area contributed by atoms with Crippen LogP contribution in [0.15, 0.2) is 42.9 Å². The molecule has 1 atom stereocenters. The highest BCUT2D eigenvalue weighted by molar-refractivity contribution is 5.87. The Morgan fingerprint density at radius 3 is 2.86 bits per heavy atom. The Kier molecular flexibility index (Phi) is 3.16. The van der Waals surface area contributed by atoms with Gasteiger partial charge in [0, 0.05) is 31.9 Å². The zero-order valence-corrected chi connectivity index (χ0v) is 12.0. The normalized spacial score (nSPS) is 18.7. The van der Waals surface area contributed by atoms with Gasteiger partial charge in [0.2, 0.25) is 0 Å². The SMILES string of the molecule is Oc1ccc(C2CN(c3ncnc4[nH]ccc34)CCN2)cc1. The number of aromatic hydroxyl groups is 1. The van der Waals surface area contributed by atoms with E-state index in [4.69, 9.17) is 0 Å². The van der Waals surface area contributed by atoms with Crippen molar-refractivity contribution in [2.24, 2.45) is 0 Å². The van der Waals surface area contributed by atoms with Gasteiger partial charge in [-0.25, -0.2) is 9.97 Å². The molecular formula is C16H17N5O. The van der Waals surface area contributed by atoms with Crippen molar-refractivity contribution in [1.82, 2.24) is 20.3 Å². The number of phenolic OH excluding ortho intramolecular Hbond substituents is 1. The summed E-state index contributed by atoms with van der Waals surface area (Å²) in [7, 11) is 0. The zero-order chi connectivity index (χ0) is 14.9. The first-order valence-corrected chi connectivity index (χ1v) is 7.36. The largest absolute Gasteiger partial charge is 0.508 e. The third-order valence-corrected chi connectivity index (χ3v) is 4.10. The second-order valence-electron chi connectivity index (χ2n) is 5.48. The molecule has 1 unspecified atom stereocenters. The topological polar surface area (TPSA) is 77.1 Å². The monoisotopic (exact) mass is 295 g/mol. The molecule has 1 saturated heterocycles. The van der Waals surface area contributed by atoms with Crippen molar-refractivity contribution < 1.29 is 5.11 Å². The summed E-state index contributed by atoms with van der Waals surface area (Å²) in [4.78, 5) is 14.1. The van der Waals surface area contributed by atoms with Crippen LogP contribution in [0.3, 0.4) is 0 Å². The summed E-state index contributed by atoms with van der Waals surface area (Å²) in [6.45, 7) is 2.63. The standard InChI is InChI=1S/C16H17N5O/c22-12-3-1-11(2-4-12)14-9-21(8-7-17-14)16-13-5-6-18-15(13)19-10-20-16/h1-6,10,14,17,22H,7-9H2,(H,18,19,20). The number of anilines is 1. The van der Waals surface area contributed by atoms with Gasteiger partial charge in [0.1, 0.15) is 23.5 Å². The smallest absolute Gasteiger partial charge is 0.142 e. The van der Waals surface area contributed by atoms with Crippen molar-refractivity contribution in [1.29, 1.82) is 0 Å². The first kappa shape index (κ1) is 13.1. The van der Waals surface area contributed by atoms with Gasteiger partial charge in [-0.3, -0.25) is 0 Å². The molecule has 1 fully saturated rings. The number of hydrogen-bond acceptors (Lipinski definition) is 5. The van der Waals surface area contributed by atoms with E-state index in [9.17, 15) is 5.11 Å². The molecule has 3 aromatic rings. The van der Waals surface area contributed by atoms with Crippen LogP contribution in [-0.4, -0.2) is 39.7 Å². The van der Waals surface area contributed by atoms with E-state index in [0.29, 0.717) is 5.75 Å². The molecule has 1 aliphatic rings. The number of aromatic nitrogens is 3. The lowest BCUT2D eigenvalue weighted by Crippen LogP contribution is -2.46. The third-order valence-electron chi connectivity index (χ3n) is 4.10. The molecule has 0 radical (unpaired) electrons. The second kappa shape index (κ2) is 5.31. The molecule has 0 spiro atoms. The van der Waals surface area contributed by atoms with Gasteiger partial charge in [0.25, 0.3) is 0 Å². The van der Waals surface area contributed by atoms with Crippen molar-refractivity contribution in [3.05, 3.63) is 48.4 Å². The minimum atomic E-state index is 0.221. The van der Waals surface area contributed by atoms with Crippen LogP contribution in [0.5, 0.6) is 5.75 Å². The number of nitrogens with one attached hydrogen (secondary N) is 2. The van der Waals surface area contributed by atoms with Crippen molar-refractivity contribution in [2.45, 2.75) is 6.04 Å². The Hall–Kier alpha value is -2.60. The summed E-state index contributed by atoms with van der Waals surface area (Å²) >= 11 is 0. The Bertz CT molecular complexity index is 783. The highest BCUT2D eigenvalue weighted by atomic mass is 16.3. The maximum Gasteiger partial charge on any atom is 0.142 e. The van der Waals surface area contributed by atoms with Crippen molar-refractivity contribution in [3.8, 4) is 5.75 Å². The molecule has 2 aromatic heterocycles. The quantitative estimate of drug-likeness (QED) is 0.672. The minimum Gasteiger partial charge on any atom is -0.508 e. The van der Waals surface area contributed by atoms with Gasteiger partial charge in [-0.2, -0.15) is 0 Å². The van der Waals surface area contributed by atoms with Crippen LogP contribution in [0.1, 0.15) is 11.6 Å². The summed E-state index contributed by atoms with van der Waals surface area (Å²) in [5.41, 5.74) is 2.03. The number of fused-ring (bicyclic) bond motifs is 1. The number of piperazine rings is 1. The van der Waals surface area contributed by atoms with Crippen molar-refractivity contribution in [2.75, 3.05) is 24.5 Å². The molecule has 1 aromatic carbocycles. The van der Waals surface area contributed by atoms with E-state index < -0.39 is 0 Å². The highest BCUT2D eigenvalue weighted by Gasteiger charge is 2.23. The number of nitrogens with zero attached hydrogens (tertiary/aromatic N) is 3. The summed E-state index contributed by atoms with van der Waals surface area (Å²) in [5, 5.41) is 14.0. The van der Waals surface area contributed by atoms with Crippen LogP contribution in [0.4, 0.5) is 5.82 Å². The highest BCUT2D eigenvalue weighted by Crippen LogP contribution is 2.26. The van der Waals surface area contributed by atoms with Gasteiger partial charge < -0.3 is 20.3 Å². The van der Waals surface area contributed by atoms with E-state index in [-0.39, 0.29) is 6.04 Å². The first-order chi connectivity index (χ1) is 10.8. The third kappa shape index (κ3) is 2.27. The molecule has 22 heavy (non-hydrogen) atoms. The molecule has 3 N–H and O–H groups in total. The molecule has 0 amide bonds. The molecule has 1 aliphatic heterocycles. The Balaban J connectivity index is 1.63. The molecule has 6 nitrogen and oxygen atoms in total. The van der Waals surface area contributed by atoms with Gasteiger partial charge in [-0.05, 0) is 23.8 Å². The number of aromatic amines is 1. The molecule has 0 aliphatic carbocycles. The maximum atomic E-state index is 9.43. The summed E-state index contributed by atoms with van der Waals surface area (Å²) in [5.74, 6) is 1.26. The number of H-pyrrole nitrogens is 1. The fraction of sp³-hybridized carbons (Fsp3) is 0.250. The van der Waals surface area contributed by atoms with Gasteiger partial charge in [0.05, 0.1) is 5.39 Å². The Labute approximate surface area is 127 Å². The van der Waals surface area contributed by atoms with Gasteiger partial charge in [-0.1, -0.05) is 12.1 Å². The van der Waals surface area contributed by atoms with Crippen LogP contribution in [0.25, 0.3) is 11.0 Å². The predicted molar refractivity (Wildman–Crippen MR) is 85.0 cm³/mol. The summed E-state index contributed by atoms with van der Waals surface area (Å²) < 4.78 is 0. The average molecular weight is 295 g/mol. The van der Waals surface area contributed by atoms with E-state index in [2.05, 4.69) is 25.2 Å². The van der Waals surface area contributed by atoms with Crippen molar-refractivity contribution >= 4 is 16.9 Å². The van der Waals surface area contributed by atoms with Crippen LogP contribution < -0.4 is 10.2 Å². The summed E-state index contributed by atoms with van der Waals surface area (Å²) in [6.07, 6.45) is 3.49. The van der Waals surface area contributed by atoms with E-state index in [0.717, 1.165) is 36.5 Å². The molecule has 3 heterocycles. The van der Waals surface area contributed by atoms with E-state index in [1.165, 1.54) is 5.56 Å². The first-order valence-electron chi connectivity index (χ1n) is 7.36. The molecule has 4 rings (SSSR count). The fourth-order valence-corrected chi connectivity index (χ4v) is 2.98. The molecule has 0 saturated carbocycles. The average Bonchev–Trinajstić information content (AvgIpc) is 3.04. The Morgan fingerprint density at radius 1 is 1.14 bits per heavy atom. The molecule has 6 heteroatoms. The lowest BCUT2D eigenvalue weighted by Gasteiger charge is -2.35. The molecule has 112 valence electrons. The van der Waals surface area contributed by atoms with E-state index in [1.54, 1.807) is 18.5 Å². The molecule has 0 bridgehead atoms. The number of hydrogen-bond donors (Lipinski definition) is 3. The van der Waals surface area contributed by atoms with Crippen LogP contribution in [0.2, 0.25) is 0 Å². The van der Waals surface area contributed by atoms with E-state index >= 15 is 0 Å². The second-order valence-corrected chi connectivity index (χ2v) is 5.48. The Morgan fingerprint density at radius 2 is 2.00 bits per heavy atom. The van der Waals surface area contributed by atoms with Crippen molar-refractivity contribution in [3.63, 3.8) is 0 Å². The molecular weight excluding hydrogens is 278 g/mol. The lowest BCUT2D eigenvalue weighted by molar-refractivity contribution is 0.463. The number of rotatable bonds is 2. The fourth-order valence-electron chi connectivity index (χ4n) is 2.98. The number of phenols is 1. The predicted octanol–water partition coefficient (Wildman–Crippen LogP) is 1.81. The number of benzene rings is 1. The summed E-state index contributed by atoms with van der Waals surface area (Å²) in [6, 6.07) is 9.61. The van der Waals surface area contributed by atoms with E-state index in [1.807, 2.05) is 24.4 Å². The van der Waals surface area contributed by atoms with Crippen LogP contribution in [0, 0.1) is 0 Å². The van der Waals surface area contributed by atoms with Gasteiger partial charge >= 0.3 is 0 Å². The maximum absolute atomic E-state index is 9.43. The van der Waals surface area contributed by atoms with Gasteiger partial charge in [0.15, 0.2) is 0 Å². The van der Waals surface area contributed by atoms with Crippen LogP contribution in [-0.2, 0) is 0 Å². The minimum absolute atomic E-state index is 0.221. The zero-order valence-electron chi connectivity index (χ0n) is 12.0. The van der Waals surface area contributed by atoms with Crippen LogP contribution >= 0.6 is 0 Å². The van der Waals surface area contributed by atoms with Gasteiger partial charge in [-0.15, -0.1) is 0 Å². The lowest BCUT2D eigenvalue weighted by atomic mass is 10.0.